The van der Waals surface area contributed by atoms with Gasteiger partial charge in [-0.25, -0.2) is 0 Å². The zero-order valence-corrected chi connectivity index (χ0v) is 21.9. The predicted octanol–water partition coefficient (Wildman–Crippen LogP) is 7.95. The lowest BCUT2D eigenvalue weighted by atomic mass is 9.69. The van der Waals surface area contributed by atoms with Gasteiger partial charge in [0.25, 0.3) is 0 Å². The minimum absolute atomic E-state index is 0.0339. The molecule has 178 valence electrons. The Balaban J connectivity index is 1.88. The SMILES string of the molecule is Cc1cccc(C(C)c2ccc(-n3nc4ccc(Cl)cc4n3)cc2C(C)(C)CC(C)(C)C)c1O. The van der Waals surface area contributed by atoms with Crippen LogP contribution in [0.1, 0.15) is 76.1 Å². The maximum absolute atomic E-state index is 10.8. The zero-order valence-electron chi connectivity index (χ0n) is 21.1. The monoisotopic (exact) mass is 475 g/mol. The highest BCUT2D eigenvalue weighted by Gasteiger charge is 2.31. The Bertz CT molecular complexity index is 1350. The summed E-state index contributed by atoms with van der Waals surface area (Å²) < 4.78 is 0. The standard InChI is InChI=1S/C29H34ClN3O/c1-18-9-8-10-23(27(18)34)19(2)22-13-12-21(16-24(22)29(6,7)17-28(3,4)5)33-31-25-14-11-20(30)15-26(25)32-33/h8-16,19,34H,17H2,1-7H3. The minimum Gasteiger partial charge on any atom is -0.507 e. The van der Waals surface area contributed by atoms with E-state index in [1.54, 1.807) is 4.80 Å². The fourth-order valence-electron chi connectivity index (χ4n) is 5.26. The van der Waals surface area contributed by atoms with E-state index in [2.05, 4.69) is 69.9 Å². The summed E-state index contributed by atoms with van der Waals surface area (Å²) in [6, 6.07) is 18.0. The lowest BCUT2D eigenvalue weighted by Crippen LogP contribution is -2.27. The third-order valence-electron chi connectivity index (χ3n) is 6.51. The quantitative estimate of drug-likeness (QED) is 0.318. The molecule has 0 aliphatic rings. The van der Waals surface area contributed by atoms with Gasteiger partial charge in [-0.2, -0.15) is 4.80 Å². The molecule has 0 amide bonds. The number of aromatic hydroxyl groups is 1. The van der Waals surface area contributed by atoms with Crippen LogP contribution in [0.25, 0.3) is 16.7 Å². The van der Waals surface area contributed by atoms with Gasteiger partial charge in [-0.15, -0.1) is 10.2 Å². The molecule has 1 aromatic heterocycles. The maximum Gasteiger partial charge on any atom is 0.122 e. The Kier molecular flexibility index (Phi) is 6.24. The number of rotatable bonds is 5. The van der Waals surface area contributed by atoms with Crippen LogP contribution >= 0.6 is 11.6 Å². The smallest absolute Gasteiger partial charge is 0.122 e. The second-order valence-corrected chi connectivity index (χ2v) is 11.7. The Morgan fingerprint density at radius 1 is 0.912 bits per heavy atom. The molecular weight excluding hydrogens is 442 g/mol. The minimum atomic E-state index is -0.104. The van der Waals surface area contributed by atoms with E-state index >= 15 is 0 Å². The Labute approximate surface area is 207 Å². The van der Waals surface area contributed by atoms with E-state index < -0.39 is 0 Å². The van der Waals surface area contributed by atoms with Gasteiger partial charge >= 0.3 is 0 Å². The van der Waals surface area contributed by atoms with E-state index in [1.165, 1.54) is 11.1 Å². The van der Waals surface area contributed by atoms with Crippen LogP contribution in [0, 0.1) is 12.3 Å². The van der Waals surface area contributed by atoms with Gasteiger partial charge in [0.15, 0.2) is 0 Å². The molecule has 0 saturated heterocycles. The summed E-state index contributed by atoms with van der Waals surface area (Å²) >= 11 is 6.16. The number of phenolic OH excluding ortho intramolecular Hbond substituents is 1. The zero-order chi connectivity index (χ0) is 24.8. The summed E-state index contributed by atoms with van der Waals surface area (Å²) in [6.07, 6.45) is 1.01. The van der Waals surface area contributed by atoms with Crippen molar-refractivity contribution in [1.29, 1.82) is 0 Å². The van der Waals surface area contributed by atoms with Gasteiger partial charge in [0.2, 0.25) is 0 Å². The molecule has 0 aliphatic heterocycles. The number of para-hydroxylation sites is 1. The normalized spacial score (nSPS) is 13.4. The van der Waals surface area contributed by atoms with Crippen LogP contribution in [-0.4, -0.2) is 20.1 Å². The molecule has 4 nitrogen and oxygen atoms in total. The van der Waals surface area contributed by atoms with Crippen molar-refractivity contribution in [3.05, 3.63) is 81.9 Å². The number of phenols is 1. The van der Waals surface area contributed by atoms with Gasteiger partial charge in [0, 0.05) is 16.5 Å². The van der Waals surface area contributed by atoms with Crippen LogP contribution in [0.3, 0.4) is 0 Å². The van der Waals surface area contributed by atoms with E-state index in [9.17, 15) is 5.11 Å². The fourth-order valence-corrected chi connectivity index (χ4v) is 5.42. The number of benzene rings is 3. The second kappa shape index (κ2) is 8.74. The lowest BCUT2D eigenvalue weighted by Gasteiger charge is -2.36. The van der Waals surface area contributed by atoms with Gasteiger partial charge in [-0.05, 0) is 71.2 Å². The molecule has 1 heterocycles. The number of aromatic nitrogens is 3. The van der Waals surface area contributed by atoms with Gasteiger partial charge in [0.05, 0.1) is 5.69 Å². The van der Waals surface area contributed by atoms with Crippen molar-refractivity contribution in [1.82, 2.24) is 15.0 Å². The molecule has 0 bridgehead atoms. The first-order chi connectivity index (χ1) is 15.9. The van der Waals surface area contributed by atoms with Crippen LogP contribution in [-0.2, 0) is 5.41 Å². The maximum atomic E-state index is 10.8. The largest absolute Gasteiger partial charge is 0.507 e. The fraction of sp³-hybridized carbons (Fsp3) is 0.379. The summed E-state index contributed by atoms with van der Waals surface area (Å²) in [6.45, 7) is 15.5. The third kappa shape index (κ3) is 4.83. The number of hydrogen-bond acceptors (Lipinski definition) is 3. The summed E-state index contributed by atoms with van der Waals surface area (Å²) in [5, 5.41) is 20.8. The predicted molar refractivity (Wildman–Crippen MR) is 141 cm³/mol. The number of fused-ring (bicyclic) bond motifs is 1. The third-order valence-corrected chi connectivity index (χ3v) is 6.75. The molecule has 0 saturated carbocycles. The van der Waals surface area contributed by atoms with Crippen molar-refractivity contribution in [3.8, 4) is 11.4 Å². The molecule has 0 spiro atoms. The van der Waals surface area contributed by atoms with E-state index in [1.807, 2.05) is 43.3 Å². The number of hydrogen-bond donors (Lipinski definition) is 1. The molecular formula is C29H34ClN3O. The Hall–Kier alpha value is -2.85. The average molecular weight is 476 g/mol. The molecule has 4 rings (SSSR count). The number of aryl methyl sites for hydroxylation is 1. The highest BCUT2D eigenvalue weighted by molar-refractivity contribution is 6.31. The first-order valence-electron chi connectivity index (χ1n) is 11.8. The molecule has 1 atom stereocenters. The van der Waals surface area contributed by atoms with Crippen molar-refractivity contribution in [2.24, 2.45) is 5.41 Å². The van der Waals surface area contributed by atoms with Crippen LogP contribution in [0.2, 0.25) is 5.02 Å². The molecule has 0 aliphatic carbocycles. The summed E-state index contributed by atoms with van der Waals surface area (Å²) in [5.74, 6) is 0.405. The average Bonchev–Trinajstić information content (AvgIpc) is 3.16. The van der Waals surface area contributed by atoms with E-state index in [4.69, 9.17) is 11.6 Å². The van der Waals surface area contributed by atoms with E-state index in [-0.39, 0.29) is 16.7 Å². The van der Waals surface area contributed by atoms with Gasteiger partial charge in [-0.3, -0.25) is 0 Å². The van der Waals surface area contributed by atoms with Crippen molar-refractivity contribution >= 4 is 22.6 Å². The van der Waals surface area contributed by atoms with E-state index in [0.29, 0.717) is 10.8 Å². The molecule has 1 N–H and O–H groups in total. The van der Waals surface area contributed by atoms with Crippen molar-refractivity contribution < 1.29 is 5.11 Å². The molecule has 0 fully saturated rings. The first-order valence-corrected chi connectivity index (χ1v) is 12.2. The summed E-state index contributed by atoms with van der Waals surface area (Å²) in [5.41, 5.74) is 6.82. The highest BCUT2D eigenvalue weighted by atomic mass is 35.5. The van der Waals surface area contributed by atoms with Crippen LogP contribution < -0.4 is 0 Å². The molecule has 5 heteroatoms. The van der Waals surface area contributed by atoms with Crippen LogP contribution in [0.4, 0.5) is 0 Å². The molecule has 3 aromatic carbocycles. The Morgan fingerprint density at radius 3 is 2.32 bits per heavy atom. The first kappa shape index (κ1) is 24.3. The van der Waals surface area contributed by atoms with Gasteiger partial charge in [-0.1, -0.05) is 77.4 Å². The van der Waals surface area contributed by atoms with Crippen molar-refractivity contribution in [3.63, 3.8) is 0 Å². The van der Waals surface area contributed by atoms with Crippen LogP contribution in [0.15, 0.2) is 54.6 Å². The van der Waals surface area contributed by atoms with Gasteiger partial charge < -0.3 is 5.11 Å². The van der Waals surface area contributed by atoms with Crippen LogP contribution in [0.5, 0.6) is 5.75 Å². The second-order valence-electron chi connectivity index (χ2n) is 11.2. The molecule has 34 heavy (non-hydrogen) atoms. The Morgan fingerprint density at radius 2 is 1.62 bits per heavy atom. The van der Waals surface area contributed by atoms with E-state index in [0.717, 1.165) is 34.3 Å². The topological polar surface area (TPSA) is 50.9 Å². The number of halogens is 1. The molecule has 0 radical (unpaired) electrons. The number of nitrogens with zero attached hydrogens (tertiary/aromatic N) is 3. The lowest BCUT2D eigenvalue weighted by molar-refractivity contribution is 0.282. The highest BCUT2D eigenvalue weighted by Crippen LogP contribution is 2.43. The summed E-state index contributed by atoms with van der Waals surface area (Å²) in [4.78, 5) is 1.69. The molecule has 4 aromatic rings. The summed E-state index contributed by atoms with van der Waals surface area (Å²) in [7, 11) is 0. The molecule has 1 unspecified atom stereocenters. The van der Waals surface area contributed by atoms with Crippen molar-refractivity contribution in [2.45, 2.75) is 66.2 Å². The van der Waals surface area contributed by atoms with Crippen molar-refractivity contribution in [2.75, 3.05) is 0 Å². The van der Waals surface area contributed by atoms with Gasteiger partial charge in [0.1, 0.15) is 16.8 Å².